The molecule has 1 aliphatic rings. The number of carbonyl (C=O) groups excluding carboxylic acids is 1. The molecule has 8 nitrogen and oxygen atoms in total. The van der Waals surface area contributed by atoms with Gasteiger partial charge in [-0.2, -0.15) is 0 Å². The Morgan fingerprint density at radius 3 is 2.92 bits per heavy atom. The maximum absolute atomic E-state index is 12.1. The van der Waals surface area contributed by atoms with Gasteiger partial charge in [-0.1, -0.05) is 6.07 Å². The summed E-state index contributed by atoms with van der Waals surface area (Å²) in [6.07, 6.45) is 4.85. The molecule has 3 heterocycles. The Hall–Kier alpha value is -2.74. The first-order valence-corrected chi connectivity index (χ1v) is 7.79. The van der Waals surface area contributed by atoms with Crippen molar-refractivity contribution in [3.63, 3.8) is 0 Å². The first kappa shape index (κ1) is 16.1. The van der Waals surface area contributed by atoms with Crippen molar-refractivity contribution in [1.29, 1.82) is 0 Å². The van der Waals surface area contributed by atoms with Gasteiger partial charge < -0.3 is 20.7 Å². The topological polar surface area (TPSA) is 106 Å². The lowest BCUT2D eigenvalue weighted by Crippen LogP contribution is -2.41. The van der Waals surface area contributed by atoms with Gasteiger partial charge in [-0.3, -0.25) is 4.79 Å². The predicted molar refractivity (Wildman–Crippen MR) is 89.5 cm³/mol. The highest BCUT2D eigenvalue weighted by Gasteiger charge is 2.17. The molecule has 3 N–H and O–H groups in total. The molecule has 1 fully saturated rings. The summed E-state index contributed by atoms with van der Waals surface area (Å²) < 4.78 is 5.53. The molecule has 1 amide bonds. The van der Waals surface area contributed by atoms with Crippen LogP contribution in [-0.2, 0) is 11.3 Å². The van der Waals surface area contributed by atoms with Gasteiger partial charge in [0.2, 0.25) is 0 Å². The molecule has 126 valence electrons. The summed E-state index contributed by atoms with van der Waals surface area (Å²) in [7, 11) is 0. The zero-order valence-corrected chi connectivity index (χ0v) is 13.5. The number of amides is 1. The van der Waals surface area contributed by atoms with E-state index >= 15 is 0 Å². The number of carbonyl (C=O) groups is 1. The quantitative estimate of drug-likeness (QED) is 0.847. The third kappa shape index (κ3) is 3.77. The number of nitrogen functional groups attached to an aromatic ring is 1. The number of morpholine rings is 1. The van der Waals surface area contributed by atoms with E-state index in [0.717, 1.165) is 24.5 Å². The molecular weight excluding hydrogens is 308 g/mol. The van der Waals surface area contributed by atoms with E-state index < -0.39 is 0 Å². The molecule has 8 heteroatoms. The summed E-state index contributed by atoms with van der Waals surface area (Å²) in [5.74, 6) is 0.676. The second kappa shape index (κ2) is 7.22. The van der Waals surface area contributed by atoms with E-state index in [1.165, 1.54) is 12.4 Å². The van der Waals surface area contributed by atoms with Gasteiger partial charge in [0.15, 0.2) is 11.5 Å². The van der Waals surface area contributed by atoms with Gasteiger partial charge in [0, 0.05) is 38.2 Å². The molecule has 2 aromatic heterocycles. The van der Waals surface area contributed by atoms with Gasteiger partial charge in [-0.15, -0.1) is 0 Å². The predicted octanol–water partition coefficient (Wildman–Crippen LogP) is 0.609. The van der Waals surface area contributed by atoms with Crippen LogP contribution in [0.25, 0.3) is 0 Å². The van der Waals surface area contributed by atoms with Crippen LogP contribution in [0.2, 0.25) is 0 Å². The molecule has 2 aromatic rings. The van der Waals surface area contributed by atoms with Crippen molar-refractivity contribution in [3.05, 3.63) is 42.0 Å². The monoisotopic (exact) mass is 328 g/mol. The number of hydrogen-bond donors (Lipinski definition) is 2. The number of nitrogens with zero attached hydrogens (tertiary/aromatic N) is 4. The minimum absolute atomic E-state index is 0.116. The lowest BCUT2D eigenvalue weighted by atomic mass is 10.2. The maximum Gasteiger partial charge on any atom is 0.273 e. The number of hydrogen-bond acceptors (Lipinski definition) is 7. The third-order valence-electron chi connectivity index (χ3n) is 3.77. The van der Waals surface area contributed by atoms with Crippen LogP contribution in [0.5, 0.6) is 0 Å². The molecule has 0 spiro atoms. The van der Waals surface area contributed by atoms with E-state index in [2.05, 4.69) is 25.2 Å². The fraction of sp³-hybridized carbons (Fsp3) is 0.375. The second-order valence-electron chi connectivity index (χ2n) is 5.62. The number of ether oxygens (including phenoxy) is 1. The van der Waals surface area contributed by atoms with Gasteiger partial charge >= 0.3 is 0 Å². The van der Waals surface area contributed by atoms with E-state index in [1.54, 1.807) is 6.20 Å². The van der Waals surface area contributed by atoms with E-state index in [4.69, 9.17) is 10.5 Å². The van der Waals surface area contributed by atoms with Crippen molar-refractivity contribution in [3.8, 4) is 0 Å². The van der Waals surface area contributed by atoms with Crippen LogP contribution in [0.15, 0.2) is 30.7 Å². The molecule has 0 saturated carbocycles. The zero-order chi connectivity index (χ0) is 16.9. The van der Waals surface area contributed by atoms with Gasteiger partial charge in [0.25, 0.3) is 5.91 Å². The number of nitrogens with two attached hydrogens (primary N) is 1. The number of pyridine rings is 1. The Balaban J connectivity index is 1.58. The normalized spacial score (nSPS) is 17.5. The van der Waals surface area contributed by atoms with Gasteiger partial charge in [0.05, 0.1) is 12.7 Å². The Labute approximate surface area is 140 Å². The Bertz CT molecular complexity index is 706. The summed E-state index contributed by atoms with van der Waals surface area (Å²) in [6.45, 7) is 4.77. The second-order valence-corrected chi connectivity index (χ2v) is 5.62. The highest BCUT2D eigenvalue weighted by molar-refractivity contribution is 5.96. The average Bonchev–Trinajstić information content (AvgIpc) is 2.60. The molecule has 0 unspecified atom stereocenters. The molecule has 24 heavy (non-hydrogen) atoms. The maximum atomic E-state index is 12.1. The summed E-state index contributed by atoms with van der Waals surface area (Å²) in [6, 6.07) is 3.90. The van der Waals surface area contributed by atoms with Crippen LogP contribution in [0.4, 0.5) is 11.6 Å². The van der Waals surface area contributed by atoms with Gasteiger partial charge in [-0.25, -0.2) is 15.0 Å². The first-order chi connectivity index (χ1) is 11.6. The van der Waals surface area contributed by atoms with Crippen molar-refractivity contribution in [2.45, 2.75) is 19.6 Å². The van der Waals surface area contributed by atoms with E-state index in [0.29, 0.717) is 13.2 Å². The van der Waals surface area contributed by atoms with E-state index in [1.807, 2.05) is 19.1 Å². The number of rotatable bonds is 4. The van der Waals surface area contributed by atoms with Crippen molar-refractivity contribution >= 4 is 17.5 Å². The van der Waals surface area contributed by atoms with Crippen LogP contribution in [-0.4, -0.2) is 46.7 Å². The van der Waals surface area contributed by atoms with Gasteiger partial charge in [0.1, 0.15) is 5.82 Å². The number of anilines is 2. The average molecular weight is 328 g/mol. The smallest absolute Gasteiger partial charge is 0.273 e. The fourth-order valence-corrected chi connectivity index (χ4v) is 2.52. The molecular formula is C16H20N6O2. The minimum Gasteiger partial charge on any atom is -0.382 e. The Morgan fingerprint density at radius 2 is 2.21 bits per heavy atom. The van der Waals surface area contributed by atoms with Crippen molar-refractivity contribution in [2.24, 2.45) is 0 Å². The van der Waals surface area contributed by atoms with Gasteiger partial charge in [-0.05, 0) is 18.6 Å². The van der Waals surface area contributed by atoms with Crippen LogP contribution < -0.4 is 16.0 Å². The molecule has 1 saturated heterocycles. The van der Waals surface area contributed by atoms with Crippen LogP contribution in [0.3, 0.4) is 0 Å². The summed E-state index contributed by atoms with van der Waals surface area (Å²) in [5, 5.41) is 2.77. The highest BCUT2D eigenvalue weighted by Crippen LogP contribution is 2.15. The molecule has 0 aliphatic carbocycles. The minimum atomic E-state index is -0.355. The molecule has 0 bridgehead atoms. The van der Waals surface area contributed by atoms with Crippen molar-refractivity contribution in [1.82, 2.24) is 20.3 Å². The lowest BCUT2D eigenvalue weighted by Gasteiger charge is -2.32. The van der Waals surface area contributed by atoms with Crippen LogP contribution >= 0.6 is 0 Å². The summed E-state index contributed by atoms with van der Waals surface area (Å²) in [4.78, 5) is 26.5. The fourth-order valence-electron chi connectivity index (χ4n) is 2.52. The SMILES string of the molecule is C[C@H]1CN(c2ccc(CNC(=O)c3nccnc3N)cn2)CCO1. The highest BCUT2D eigenvalue weighted by atomic mass is 16.5. The summed E-state index contributed by atoms with van der Waals surface area (Å²) >= 11 is 0. The van der Waals surface area contributed by atoms with E-state index in [-0.39, 0.29) is 23.5 Å². The number of aromatic nitrogens is 3. The van der Waals surface area contributed by atoms with Crippen LogP contribution in [0, 0.1) is 0 Å². The van der Waals surface area contributed by atoms with E-state index in [9.17, 15) is 4.79 Å². The third-order valence-corrected chi connectivity index (χ3v) is 3.77. The molecule has 1 atom stereocenters. The standard InChI is InChI=1S/C16H20N6O2/c1-11-10-22(6-7-24-11)13-3-2-12(8-20-13)9-21-16(23)14-15(17)19-5-4-18-14/h2-5,8,11H,6-7,9-10H2,1H3,(H2,17,19)(H,21,23)/t11-/m0/s1. The Kier molecular flexibility index (Phi) is 4.85. The molecule has 3 rings (SSSR count). The lowest BCUT2D eigenvalue weighted by molar-refractivity contribution is 0.0529. The van der Waals surface area contributed by atoms with Crippen molar-refractivity contribution < 1.29 is 9.53 Å². The Morgan fingerprint density at radius 1 is 1.38 bits per heavy atom. The molecule has 0 aromatic carbocycles. The van der Waals surface area contributed by atoms with Crippen molar-refractivity contribution in [2.75, 3.05) is 30.3 Å². The molecule has 1 aliphatic heterocycles. The zero-order valence-electron chi connectivity index (χ0n) is 13.5. The molecule has 0 radical (unpaired) electrons. The number of nitrogens with one attached hydrogen (secondary N) is 1. The van der Waals surface area contributed by atoms with Crippen LogP contribution in [0.1, 0.15) is 23.0 Å². The largest absolute Gasteiger partial charge is 0.382 e. The first-order valence-electron chi connectivity index (χ1n) is 7.79. The summed E-state index contributed by atoms with van der Waals surface area (Å²) in [5.41, 5.74) is 6.67.